The Morgan fingerprint density at radius 1 is 1.08 bits per heavy atom. The van der Waals surface area contributed by atoms with Gasteiger partial charge in [0.15, 0.2) is 17.3 Å². The fourth-order valence-corrected chi connectivity index (χ4v) is 4.03. The molecule has 11 heteroatoms. The standard InChI is InChI=1S/C25H24F2N8O/c1-3-21(36)30-16-5-4-6-17(13-16)35-15-29-19-14-28-25(32-24(19)35)31-18-7-8-20(23(27)22(18)26)34-11-9-33(2)10-12-34/h3-8,13-15H,1,9-12H2,2H3,(H,30,36)(H,28,31,32). The second-order valence-electron chi connectivity index (χ2n) is 8.44. The second kappa shape index (κ2) is 9.70. The molecule has 184 valence electrons. The molecule has 1 amide bonds. The van der Waals surface area contributed by atoms with E-state index < -0.39 is 11.6 Å². The lowest BCUT2D eigenvalue weighted by molar-refractivity contribution is -0.111. The number of anilines is 4. The van der Waals surface area contributed by atoms with Crippen LogP contribution in [0, 0.1) is 11.6 Å². The highest BCUT2D eigenvalue weighted by atomic mass is 19.2. The molecular weight excluding hydrogens is 466 g/mol. The number of hydrogen-bond acceptors (Lipinski definition) is 7. The van der Waals surface area contributed by atoms with Gasteiger partial charge < -0.3 is 20.4 Å². The first-order chi connectivity index (χ1) is 17.4. The Kier molecular flexibility index (Phi) is 6.30. The Labute approximate surface area is 206 Å². The molecule has 1 fully saturated rings. The Morgan fingerprint density at radius 2 is 1.89 bits per heavy atom. The van der Waals surface area contributed by atoms with Crippen molar-refractivity contribution < 1.29 is 13.6 Å². The van der Waals surface area contributed by atoms with Gasteiger partial charge in [0.05, 0.1) is 23.3 Å². The average molecular weight is 491 g/mol. The van der Waals surface area contributed by atoms with E-state index in [0.717, 1.165) is 13.1 Å². The summed E-state index contributed by atoms with van der Waals surface area (Å²) in [5, 5.41) is 5.49. The van der Waals surface area contributed by atoms with Crippen molar-refractivity contribution in [1.29, 1.82) is 0 Å². The zero-order chi connectivity index (χ0) is 25.2. The van der Waals surface area contributed by atoms with Gasteiger partial charge in [-0.2, -0.15) is 4.98 Å². The molecule has 0 spiro atoms. The molecule has 2 aromatic heterocycles. The quantitative estimate of drug-likeness (QED) is 0.398. The van der Waals surface area contributed by atoms with Gasteiger partial charge in [0, 0.05) is 31.9 Å². The summed E-state index contributed by atoms with van der Waals surface area (Å²) in [7, 11) is 2.00. The zero-order valence-electron chi connectivity index (χ0n) is 19.6. The average Bonchev–Trinajstić information content (AvgIpc) is 3.31. The second-order valence-corrected chi connectivity index (χ2v) is 8.44. The molecule has 1 aliphatic heterocycles. The molecule has 0 bridgehead atoms. The summed E-state index contributed by atoms with van der Waals surface area (Å²) in [5.74, 6) is -2.14. The molecule has 36 heavy (non-hydrogen) atoms. The van der Waals surface area contributed by atoms with Crippen molar-refractivity contribution in [3.63, 3.8) is 0 Å². The maximum Gasteiger partial charge on any atom is 0.247 e. The van der Waals surface area contributed by atoms with Crippen LogP contribution < -0.4 is 15.5 Å². The van der Waals surface area contributed by atoms with Crippen molar-refractivity contribution >= 4 is 40.1 Å². The molecule has 9 nitrogen and oxygen atoms in total. The summed E-state index contributed by atoms with van der Waals surface area (Å²) in [5.41, 5.74) is 2.41. The van der Waals surface area contributed by atoms with E-state index in [9.17, 15) is 13.6 Å². The first-order valence-corrected chi connectivity index (χ1v) is 11.4. The van der Waals surface area contributed by atoms with Crippen molar-refractivity contribution in [1.82, 2.24) is 24.4 Å². The summed E-state index contributed by atoms with van der Waals surface area (Å²) < 4.78 is 31.6. The first-order valence-electron chi connectivity index (χ1n) is 11.4. The highest BCUT2D eigenvalue weighted by Crippen LogP contribution is 2.29. The number of piperazine rings is 1. The van der Waals surface area contributed by atoms with Crippen molar-refractivity contribution in [3.05, 3.63) is 73.2 Å². The van der Waals surface area contributed by atoms with E-state index in [0.29, 0.717) is 35.6 Å². The summed E-state index contributed by atoms with van der Waals surface area (Å²) in [6, 6.07) is 10.2. The molecule has 5 rings (SSSR count). The third kappa shape index (κ3) is 4.60. The largest absolute Gasteiger partial charge is 0.367 e. The Hall–Kier alpha value is -4.38. The summed E-state index contributed by atoms with van der Waals surface area (Å²) in [6.07, 6.45) is 4.25. The molecule has 0 unspecified atom stereocenters. The molecule has 4 aromatic rings. The topological polar surface area (TPSA) is 91.2 Å². The number of carbonyl (C=O) groups is 1. The van der Waals surface area contributed by atoms with Crippen molar-refractivity contribution in [2.45, 2.75) is 0 Å². The molecule has 0 saturated carbocycles. The van der Waals surface area contributed by atoms with E-state index in [2.05, 4.69) is 37.1 Å². The van der Waals surface area contributed by atoms with Gasteiger partial charge in [-0.1, -0.05) is 12.6 Å². The molecule has 0 aliphatic carbocycles. The van der Waals surface area contributed by atoms with Gasteiger partial charge in [0.1, 0.15) is 11.8 Å². The van der Waals surface area contributed by atoms with Crippen LogP contribution in [0.1, 0.15) is 0 Å². The lowest BCUT2D eigenvalue weighted by Crippen LogP contribution is -2.44. The summed E-state index contributed by atoms with van der Waals surface area (Å²) in [6.45, 7) is 6.27. The maximum atomic E-state index is 15.0. The highest BCUT2D eigenvalue weighted by molar-refractivity contribution is 5.99. The third-order valence-corrected chi connectivity index (χ3v) is 6.02. The van der Waals surface area contributed by atoms with Crippen molar-refractivity contribution in [2.24, 2.45) is 0 Å². The molecule has 1 saturated heterocycles. The van der Waals surface area contributed by atoms with Gasteiger partial charge in [-0.05, 0) is 43.5 Å². The fourth-order valence-electron chi connectivity index (χ4n) is 4.03. The van der Waals surface area contributed by atoms with Gasteiger partial charge in [0.25, 0.3) is 0 Å². The molecule has 3 heterocycles. The number of likely N-dealkylation sites (N-methyl/N-ethyl adjacent to an activating group) is 1. The number of nitrogens with one attached hydrogen (secondary N) is 2. The number of hydrogen-bond donors (Lipinski definition) is 2. The molecule has 0 atom stereocenters. The lowest BCUT2D eigenvalue weighted by atomic mass is 10.2. The summed E-state index contributed by atoms with van der Waals surface area (Å²) >= 11 is 0. The van der Waals surface area contributed by atoms with Crippen LogP contribution in [-0.4, -0.2) is 63.6 Å². The Balaban J connectivity index is 1.42. The number of imidazole rings is 1. The van der Waals surface area contributed by atoms with Gasteiger partial charge >= 0.3 is 0 Å². The lowest BCUT2D eigenvalue weighted by Gasteiger charge is -2.34. The van der Waals surface area contributed by atoms with Gasteiger partial charge in [-0.3, -0.25) is 9.36 Å². The minimum atomic E-state index is -0.991. The number of fused-ring (bicyclic) bond motifs is 1. The molecule has 2 N–H and O–H groups in total. The normalized spacial score (nSPS) is 14.1. The van der Waals surface area contributed by atoms with E-state index in [1.165, 1.54) is 18.3 Å². The summed E-state index contributed by atoms with van der Waals surface area (Å²) in [4.78, 5) is 28.6. The monoisotopic (exact) mass is 490 g/mol. The molecule has 2 aromatic carbocycles. The van der Waals surface area contributed by atoms with E-state index in [1.54, 1.807) is 35.2 Å². The Bertz CT molecular complexity index is 1450. The smallest absolute Gasteiger partial charge is 0.247 e. The minimum absolute atomic E-state index is 0.0649. The van der Waals surface area contributed by atoms with Crippen LogP contribution >= 0.6 is 0 Å². The Morgan fingerprint density at radius 3 is 2.67 bits per heavy atom. The van der Waals surface area contributed by atoms with Crippen LogP contribution in [0.5, 0.6) is 0 Å². The SMILES string of the molecule is C=CC(=O)Nc1cccc(-n2cnc3cnc(Nc4ccc(N5CCN(C)CC5)c(F)c4F)nc32)c1. The van der Waals surface area contributed by atoms with Crippen LogP contribution in [0.15, 0.2) is 61.6 Å². The van der Waals surface area contributed by atoms with Crippen LogP contribution in [0.3, 0.4) is 0 Å². The van der Waals surface area contributed by atoms with E-state index >= 15 is 0 Å². The minimum Gasteiger partial charge on any atom is -0.367 e. The number of nitrogens with zero attached hydrogens (tertiary/aromatic N) is 6. The van der Waals surface area contributed by atoms with E-state index in [-0.39, 0.29) is 23.2 Å². The number of amides is 1. The van der Waals surface area contributed by atoms with Gasteiger partial charge in [0.2, 0.25) is 11.9 Å². The van der Waals surface area contributed by atoms with Crippen LogP contribution in [0.2, 0.25) is 0 Å². The molecule has 1 aliphatic rings. The number of benzene rings is 2. The molecule has 0 radical (unpaired) electrons. The van der Waals surface area contributed by atoms with Gasteiger partial charge in [-0.25, -0.2) is 18.7 Å². The number of rotatable bonds is 6. The predicted octanol–water partition coefficient (Wildman–Crippen LogP) is 3.71. The van der Waals surface area contributed by atoms with Crippen LogP contribution in [-0.2, 0) is 4.79 Å². The predicted molar refractivity (Wildman–Crippen MR) is 135 cm³/mol. The van der Waals surface area contributed by atoms with Crippen LogP contribution in [0.25, 0.3) is 16.9 Å². The first kappa shape index (κ1) is 23.4. The van der Waals surface area contributed by atoms with E-state index in [4.69, 9.17) is 0 Å². The fraction of sp³-hybridized carbons (Fsp3) is 0.200. The molecular formula is C25H24F2N8O. The van der Waals surface area contributed by atoms with Crippen molar-refractivity contribution in [2.75, 3.05) is 48.8 Å². The zero-order valence-corrected chi connectivity index (χ0v) is 19.6. The van der Waals surface area contributed by atoms with Crippen LogP contribution in [0.4, 0.5) is 31.8 Å². The van der Waals surface area contributed by atoms with Gasteiger partial charge in [-0.15, -0.1) is 0 Å². The number of carbonyl (C=O) groups excluding carboxylic acids is 1. The number of aromatic nitrogens is 4. The van der Waals surface area contributed by atoms with Crippen molar-refractivity contribution in [3.8, 4) is 5.69 Å². The third-order valence-electron chi connectivity index (χ3n) is 6.02. The highest BCUT2D eigenvalue weighted by Gasteiger charge is 2.22. The number of halogens is 2. The van der Waals surface area contributed by atoms with E-state index in [1.807, 2.05) is 18.0 Å². The maximum absolute atomic E-state index is 15.0.